The van der Waals surface area contributed by atoms with Gasteiger partial charge in [0.05, 0.1) is 11.5 Å². The zero-order valence-corrected chi connectivity index (χ0v) is 18.6. The second-order valence-corrected chi connectivity index (χ2v) is 9.32. The number of esters is 3. The molecular formula is C18H23NO10S2. The van der Waals surface area contributed by atoms with Gasteiger partial charge >= 0.3 is 17.9 Å². The molecule has 172 valence electrons. The summed E-state index contributed by atoms with van der Waals surface area (Å²) >= 11 is 1.03. The van der Waals surface area contributed by atoms with E-state index < -0.39 is 64.4 Å². The Labute approximate surface area is 183 Å². The van der Waals surface area contributed by atoms with Gasteiger partial charge in [0.2, 0.25) is 10.0 Å². The molecule has 1 aromatic rings. The van der Waals surface area contributed by atoms with E-state index in [1.807, 2.05) is 0 Å². The molecule has 1 aliphatic rings. The number of aliphatic hydroxyl groups is 1. The minimum absolute atomic E-state index is 0.0982. The maximum Gasteiger partial charge on any atom is 0.303 e. The van der Waals surface area contributed by atoms with Crippen molar-refractivity contribution in [1.82, 2.24) is 0 Å². The lowest BCUT2D eigenvalue weighted by atomic mass is 9.99. The number of hydrogen-bond donors (Lipinski definition) is 2. The van der Waals surface area contributed by atoms with Crippen molar-refractivity contribution in [1.29, 1.82) is 0 Å². The fraction of sp³-hybridized carbons (Fsp3) is 0.500. The first kappa shape index (κ1) is 25.1. The summed E-state index contributed by atoms with van der Waals surface area (Å²) in [5, 5.41) is 14.8. The van der Waals surface area contributed by atoms with Crippen LogP contribution in [0.3, 0.4) is 0 Å². The van der Waals surface area contributed by atoms with Gasteiger partial charge in [-0.05, 0) is 24.3 Å². The SMILES string of the molecule is CC(=O)O[C@H]1[C@@H](OC(C)=O)[C@@H](CO)O[C@@H](Sc2ccc(S(N)(=O)=O)cc2)[C@@H]1OC(C)=O. The summed E-state index contributed by atoms with van der Waals surface area (Å²) in [4.78, 5) is 35.4. The molecule has 31 heavy (non-hydrogen) atoms. The van der Waals surface area contributed by atoms with Crippen molar-refractivity contribution in [3.8, 4) is 0 Å². The molecule has 0 aromatic heterocycles. The third-order valence-corrected chi connectivity index (χ3v) is 6.17. The van der Waals surface area contributed by atoms with E-state index in [0.29, 0.717) is 4.90 Å². The highest BCUT2D eigenvalue weighted by molar-refractivity contribution is 7.99. The van der Waals surface area contributed by atoms with Crippen LogP contribution in [-0.2, 0) is 43.4 Å². The average Bonchev–Trinajstić information content (AvgIpc) is 2.64. The topological polar surface area (TPSA) is 169 Å². The van der Waals surface area contributed by atoms with Gasteiger partial charge in [0.15, 0.2) is 18.3 Å². The number of nitrogens with two attached hydrogens (primary N) is 1. The van der Waals surface area contributed by atoms with Crippen LogP contribution in [0.2, 0.25) is 0 Å². The predicted molar refractivity (Wildman–Crippen MR) is 106 cm³/mol. The molecule has 0 amide bonds. The van der Waals surface area contributed by atoms with E-state index in [1.165, 1.54) is 24.3 Å². The van der Waals surface area contributed by atoms with Crippen LogP contribution in [0.5, 0.6) is 0 Å². The van der Waals surface area contributed by atoms with Gasteiger partial charge in [-0.25, -0.2) is 13.6 Å². The molecule has 1 aromatic carbocycles. The highest BCUT2D eigenvalue weighted by Crippen LogP contribution is 2.37. The van der Waals surface area contributed by atoms with Gasteiger partial charge in [0, 0.05) is 25.7 Å². The van der Waals surface area contributed by atoms with E-state index >= 15 is 0 Å². The highest BCUT2D eigenvalue weighted by Gasteiger charge is 2.51. The van der Waals surface area contributed by atoms with Gasteiger partial charge in [-0.15, -0.1) is 0 Å². The van der Waals surface area contributed by atoms with E-state index in [1.54, 1.807) is 0 Å². The fourth-order valence-corrected chi connectivity index (χ4v) is 4.56. The van der Waals surface area contributed by atoms with Crippen molar-refractivity contribution in [2.24, 2.45) is 5.14 Å². The molecule has 0 aliphatic carbocycles. The number of hydrogen-bond acceptors (Lipinski definition) is 11. The van der Waals surface area contributed by atoms with Crippen LogP contribution in [0, 0.1) is 0 Å². The molecule has 1 saturated heterocycles. The predicted octanol–water partition coefficient (Wildman–Crippen LogP) is -0.0616. The summed E-state index contributed by atoms with van der Waals surface area (Å²) in [6.07, 6.45) is -4.76. The second kappa shape index (κ2) is 10.4. The van der Waals surface area contributed by atoms with Crippen molar-refractivity contribution < 1.29 is 46.9 Å². The van der Waals surface area contributed by atoms with Crippen molar-refractivity contribution in [2.45, 2.75) is 60.4 Å². The number of thioether (sulfide) groups is 1. The molecule has 2 rings (SSSR count). The first-order valence-corrected chi connectivity index (χ1v) is 11.4. The van der Waals surface area contributed by atoms with Crippen molar-refractivity contribution in [2.75, 3.05) is 6.61 Å². The number of ether oxygens (including phenoxy) is 4. The smallest absolute Gasteiger partial charge is 0.303 e. The second-order valence-electron chi connectivity index (χ2n) is 6.58. The van der Waals surface area contributed by atoms with Gasteiger partial charge in [-0.2, -0.15) is 0 Å². The number of carbonyl (C=O) groups excluding carboxylic acids is 3. The van der Waals surface area contributed by atoms with Crippen LogP contribution in [0.4, 0.5) is 0 Å². The molecule has 0 unspecified atom stereocenters. The summed E-state index contributed by atoms with van der Waals surface area (Å²) in [6.45, 7) is 2.83. The van der Waals surface area contributed by atoms with Crippen LogP contribution >= 0.6 is 11.8 Å². The third kappa shape index (κ3) is 6.90. The number of carbonyl (C=O) groups is 3. The molecule has 5 atom stereocenters. The first-order chi connectivity index (χ1) is 14.4. The van der Waals surface area contributed by atoms with Gasteiger partial charge in [-0.1, -0.05) is 11.8 Å². The summed E-state index contributed by atoms with van der Waals surface area (Å²) in [5.41, 5.74) is -0.988. The monoisotopic (exact) mass is 477 g/mol. The van der Waals surface area contributed by atoms with Crippen molar-refractivity contribution >= 4 is 39.7 Å². The van der Waals surface area contributed by atoms with Crippen molar-refractivity contribution in [3.63, 3.8) is 0 Å². The number of benzene rings is 1. The molecule has 0 radical (unpaired) electrons. The van der Waals surface area contributed by atoms with E-state index in [2.05, 4.69) is 0 Å². The fourth-order valence-electron chi connectivity index (χ4n) is 2.94. The quantitative estimate of drug-likeness (QED) is 0.398. The molecule has 13 heteroatoms. The molecule has 11 nitrogen and oxygen atoms in total. The Morgan fingerprint density at radius 3 is 1.90 bits per heavy atom. The maximum absolute atomic E-state index is 11.7. The van der Waals surface area contributed by atoms with E-state index in [-0.39, 0.29) is 4.90 Å². The minimum atomic E-state index is -3.88. The Morgan fingerprint density at radius 1 is 0.968 bits per heavy atom. The summed E-state index contributed by atoms with van der Waals surface area (Å²) < 4.78 is 44.5. The van der Waals surface area contributed by atoms with Gasteiger partial charge in [0.1, 0.15) is 11.5 Å². The van der Waals surface area contributed by atoms with E-state index in [9.17, 15) is 27.9 Å². The van der Waals surface area contributed by atoms with E-state index in [0.717, 1.165) is 32.5 Å². The van der Waals surface area contributed by atoms with E-state index in [4.69, 9.17) is 24.1 Å². The van der Waals surface area contributed by atoms with Crippen molar-refractivity contribution in [3.05, 3.63) is 24.3 Å². The van der Waals surface area contributed by atoms with Crippen LogP contribution in [-0.4, -0.2) is 67.9 Å². The van der Waals surface area contributed by atoms with Gasteiger partial charge < -0.3 is 24.1 Å². The van der Waals surface area contributed by atoms with Crippen LogP contribution in [0.1, 0.15) is 20.8 Å². The number of sulfonamides is 1. The maximum atomic E-state index is 11.7. The third-order valence-electron chi connectivity index (χ3n) is 4.08. The van der Waals surface area contributed by atoms with Gasteiger partial charge in [0.25, 0.3) is 0 Å². The Balaban J connectivity index is 2.39. The summed E-state index contributed by atoms with van der Waals surface area (Å²) in [5.74, 6) is -2.14. The molecule has 1 aliphatic heterocycles. The molecule has 1 heterocycles. The molecule has 0 spiro atoms. The normalized spacial score (nSPS) is 26.0. The Kier molecular flexibility index (Phi) is 8.42. The number of primary sulfonamides is 1. The Bertz CT molecular complexity index is 918. The van der Waals surface area contributed by atoms with Gasteiger partial charge in [-0.3, -0.25) is 14.4 Å². The standard InChI is InChI=1S/C18H23NO10S2/c1-9(21)26-15-14(8-20)29-18(17(28-11(3)23)16(15)27-10(2)22)30-12-4-6-13(7-5-12)31(19,24)25/h4-7,14-18,20H,8H2,1-3H3,(H2,19,24,25)/t14-,15+,16+,17-,18+/m1/s1. The highest BCUT2D eigenvalue weighted by atomic mass is 32.2. The Hall–Kier alpha value is -2.19. The van der Waals surface area contributed by atoms with Crippen LogP contribution in [0.15, 0.2) is 34.1 Å². The first-order valence-electron chi connectivity index (χ1n) is 9.00. The lowest BCUT2D eigenvalue weighted by molar-refractivity contribution is -0.236. The molecular weight excluding hydrogens is 454 g/mol. The molecule has 0 bridgehead atoms. The zero-order valence-electron chi connectivity index (χ0n) is 16.9. The summed E-state index contributed by atoms with van der Waals surface area (Å²) in [6, 6.07) is 5.50. The Morgan fingerprint density at radius 2 is 1.45 bits per heavy atom. The lowest BCUT2D eigenvalue weighted by Gasteiger charge is -2.43. The molecule has 0 saturated carbocycles. The largest absolute Gasteiger partial charge is 0.456 e. The number of aliphatic hydroxyl groups excluding tert-OH is 1. The summed E-state index contributed by atoms with van der Waals surface area (Å²) in [7, 11) is -3.88. The van der Waals surface area contributed by atoms with Crippen LogP contribution < -0.4 is 5.14 Å². The minimum Gasteiger partial charge on any atom is -0.456 e. The average molecular weight is 478 g/mol. The number of rotatable bonds is 7. The zero-order chi connectivity index (χ0) is 23.3. The molecule has 3 N–H and O–H groups in total. The van der Waals surface area contributed by atoms with Crippen LogP contribution in [0.25, 0.3) is 0 Å². The molecule has 1 fully saturated rings. The lowest BCUT2D eigenvalue weighted by Crippen LogP contribution is -2.61.